The molecular weight excluding hydrogens is 88.1 g/mol. The van der Waals surface area contributed by atoms with E-state index in [1.807, 2.05) is 6.92 Å². The highest BCUT2D eigenvalue weighted by atomic mass is 15.1. The van der Waals surface area contributed by atoms with Gasteiger partial charge in [-0.3, -0.25) is 0 Å². The maximum absolute atomic E-state index is 5.00. The average molecular weight is 98.1 g/mol. The van der Waals surface area contributed by atoms with Crippen LogP contribution in [0.5, 0.6) is 0 Å². The molecule has 1 rings (SSSR count). The molecule has 0 unspecified atom stereocenters. The summed E-state index contributed by atoms with van der Waals surface area (Å²) >= 11 is 0. The third-order valence-corrected chi connectivity index (χ3v) is 1.37. The van der Waals surface area contributed by atoms with Gasteiger partial charge < -0.3 is 5.84 Å². The quantitative estimate of drug-likeness (QED) is 0.293. The second-order valence-electron chi connectivity index (χ2n) is 2.04. The van der Waals surface area contributed by atoms with Gasteiger partial charge in [-0.1, -0.05) is 0 Å². The van der Waals surface area contributed by atoms with Gasteiger partial charge >= 0.3 is 0 Å². The van der Waals surface area contributed by atoms with Gasteiger partial charge in [0.2, 0.25) is 0 Å². The van der Waals surface area contributed by atoms with E-state index < -0.39 is 0 Å². The summed E-state index contributed by atoms with van der Waals surface area (Å²) in [5, 5.41) is 3.57. The third kappa shape index (κ3) is 0.918. The normalized spacial score (nSPS) is 22.7. The molecule has 0 aromatic carbocycles. The summed E-state index contributed by atoms with van der Waals surface area (Å²) in [6.45, 7) is 1.98. The molecule has 2 nitrogen and oxygen atoms in total. The Morgan fingerprint density at radius 2 is 2.29 bits per heavy atom. The minimum Gasteiger partial charge on any atom is -0.323 e. The maximum atomic E-state index is 5.00. The number of hydrazone groups is 1. The molecule has 40 valence electrons. The van der Waals surface area contributed by atoms with Crippen molar-refractivity contribution >= 4 is 5.71 Å². The second kappa shape index (κ2) is 1.52. The molecule has 0 aliphatic heterocycles. The van der Waals surface area contributed by atoms with Gasteiger partial charge in [-0.05, 0) is 25.7 Å². The topological polar surface area (TPSA) is 38.4 Å². The summed E-state index contributed by atoms with van der Waals surface area (Å²) in [5.41, 5.74) is 1.11. The van der Waals surface area contributed by atoms with Crippen molar-refractivity contribution in [2.45, 2.75) is 19.8 Å². The van der Waals surface area contributed by atoms with Crippen LogP contribution in [-0.4, -0.2) is 5.71 Å². The Kier molecular flexibility index (Phi) is 1.01. The van der Waals surface area contributed by atoms with E-state index in [1.54, 1.807) is 0 Å². The molecule has 1 saturated carbocycles. The molecule has 2 heteroatoms. The largest absolute Gasteiger partial charge is 0.323 e. The van der Waals surface area contributed by atoms with Crippen LogP contribution >= 0.6 is 0 Å². The molecule has 1 aliphatic rings. The first-order chi connectivity index (χ1) is 3.34. The summed E-state index contributed by atoms with van der Waals surface area (Å²) in [5.74, 6) is 5.74. The van der Waals surface area contributed by atoms with Crippen molar-refractivity contribution in [1.82, 2.24) is 0 Å². The van der Waals surface area contributed by atoms with Crippen molar-refractivity contribution in [2.24, 2.45) is 16.9 Å². The number of nitrogens with two attached hydrogens (primary N) is 1. The lowest BCUT2D eigenvalue weighted by molar-refractivity contribution is 1.11. The van der Waals surface area contributed by atoms with E-state index in [4.69, 9.17) is 5.84 Å². The first kappa shape index (κ1) is 4.62. The summed E-state index contributed by atoms with van der Waals surface area (Å²) in [6, 6.07) is 0. The lowest BCUT2D eigenvalue weighted by atomic mass is 10.3. The monoisotopic (exact) mass is 98.1 g/mol. The zero-order chi connectivity index (χ0) is 5.28. The molecule has 0 atom stereocenters. The van der Waals surface area contributed by atoms with Crippen molar-refractivity contribution in [3.05, 3.63) is 0 Å². The van der Waals surface area contributed by atoms with Crippen LogP contribution < -0.4 is 5.84 Å². The minimum atomic E-state index is 0.741. The molecule has 0 heterocycles. The minimum absolute atomic E-state index is 0.741. The Hall–Kier alpha value is -0.530. The van der Waals surface area contributed by atoms with Gasteiger partial charge in [0, 0.05) is 5.71 Å². The van der Waals surface area contributed by atoms with Crippen LogP contribution in [0.25, 0.3) is 0 Å². The fourth-order valence-corrected chi connectivity index (χ4v) is 0.607. The first-order valence-electron chi connectivity index (χ1n) is 2.59. The van der Waals surface area contributed by atoms with Crippen LogP contribution in [0.2, 0.25) is 0 Å². The predicted octanol–water partition coefficient (Wildman–Crippen LogP) is 0.731. The highest BCUT2D eigenvalue weighted by Crippen LogP contribution is 2.29. The molecule has 1 fully saturated rings. The van der Waals surface area contributed by atoms with Crippen LogP contribution in [0.1, 0.15) is 19.8 Å². The Morgan fingerprint density at radius 3 is 2.43 bits per heavy atom. The highest BCUT2D eigenvalue weighted by Gasteiger charge is 2.23. The Labute approximate surface area is 43.4 Å². The zero-order valence-electron chi connectivity index (χ0n) is 4.52. The molecule has 1 aliphatic carbocycles. The van der Waals surface area contributed by atoms with Gasteiger partial charge in [0.1, 0.15) is 0 Å². The van der Waals surface area contributed by atoms with E-state index in [9.17, 15) is 0 Å². The average Bonchev–Trinajstić information content (AvgIpc) is 2.44. The summed E-state index contributed by atoms with van der Waals surface area (Å²) in [7, 11) is 0. The molecular formula is C5H10N2. The van der Waals surface area contributed by atoms with Crippen molar-refractivity contribution in [1.29, 1.82) is 0 Å². The van der Waals surface area contributed by atoms with Gasteiger partial charge in [0.25, 0.3) is 0 Å². The number of nitrogens with zero attached hydrogens (tertiary/aromatic N) is 1. The molecule has 7 heavy (non-hydrogen) atoms. The Bertz CT molecular complexity index is 92.3. The summed E-state index contributed by atoms with van der Waals surface area (Å²) < 4.78 is 0. The molecule has 0 spiro atoms. The van der Waals surface area contributed by atoms with Crippen LogP contribution in [0.4, 0.5) is 0 Å². The molecule has 0 amide bonds. The Morgan fingerprint density at radius 1 is 1.71 bits per heavy atom. The lowest BCUT2D eigenvalue weighted by Gasteiger charge is -1.86. The molecule has 0 saturated heterocycles. The number of rotatable bonds is 1. The van der Waals surface area contributed by atoms with Gasteiger partial charge in [0.15, 0.2) is 0 Å². The van der Waals surface area contributed by atoms with E-state index in [0.29, 0.717) is 0 Å². The van der Waals surface area contributed by atoms with E-state index >= 15 is 0 Å². The lowest BCUT2D eigenvalue weighted by Crippen LogP contribution is -1.96. The van der Waals surface area contributed by atoms with E-state index in [2.05, 4.69) is 5.10 Å². The fraction of sp³-hybridized carbons (Fsp3) is 0.800. The van der Waals surface area contributed by atoms with Crippen molar-refractivity contribution in [3.8, 4) is 0 Å². The molecule has 2 N–H and O–H groups in total. The van der Waals surface area contributed by atoms with Crippen LogP contribution in [0.15, 0.2) is 5.10 Å². The van der Waals surface area contributed by atoms with Crippen LogP contribution in [0, 0.1) is 5.92 Å². The smallest absolute Gasteiger partial charge is 0.0375 e. The van der Waals surface area contributed by atoms with Crippen molar-refractivity contribution in [3.63, 3.8) is 0 Å². The second-order valence-corrected chi connectivity index (χ2v) is 2.04. The standard InChI is InChI=1S/C5H10N2/c1-4(7-6)5-2-3-5/h5H,2-3,6H2,1H3. The van der Waals surface area contributed by atoms with Crippen molar-refractivity contribution in [2.75, 3.05) is 0 Å². The predicted molar refractivity (Wildman–Crippen MR) is 30.0 cm³/mol. The zero-order valence-corrected chi connectivity index (χ0v) is 4.52. The van der Waals surface area contributed by atoms with Crippen LogP contribution in [0.3, 0.4) is 0 Å². The van der Waals surface area contributed by atoms with Crippen molar-refractivity contribution < 1.29 is 0 Å². The maximum Gasteiger partial charge on any atom is 0.0375 e. The van der Waals surface area contributed by atoms with Gasteiger partial charge in [-0.25, -0.2) is 0 Å². The molecule has 0 radical (unpaired) electrons. The SMILES string of the molecule is CC(=NN)C1CC1. The van der Waals surface area contributed by atoms with E-state index in [-0.39, 0.29) is 0 Å². The van der Waals surface area contributed by atoms with Gasteiger partial charge in [0.05, 0.1) is 0 Å². The summed E-state index contributed by atoms with van der Waals surface area (Å²) in [4.78, 5) is 0. The van der Waals surface area contributed by atoms with E-state index in [0.717, 1.165) is 11.6 Å². The fourth-order valence-electron chi connectivity index (χ4n) is 0.607. The van der Waals surface area contributed by atoms with E-state index in [1.165, 1.54) is 12.8 Å². The van der Waals surface area contributed by atoms with Gasteiger partial charge in [-0.15, -0.1) is 0 Å². The van der Waals surface area contributed by atoms with Crippen LogP contribution in [-0.2, 0) is 0 Å². The molecule has 0 bridgehead atoms. The molecule has 0 aromatic heterocycles. The third-order valence-electron chi connectivity index (χ3n) is 1.37. The highest BCUT2D eigenvalue weighted by molar-refractivity contribution is 5.85. The first-order valence-corrected chi connectivity index (χ1v) is 2.59. The van der Waals surface area contributed by atoms with Gasteiger partial charge in [-0.2, -0.15) is 5.10 Å². The summed E-state index contributed by atoms with van der Waals surface area (Å²) in [6.07, 6.45) is 2.60. The number of hydrogen-bond acceptors (Lipinski definition) is 2. The molecule has 0 aromatic rings. The number of hydrogen-bond donors (Lipinski definition) is 1. The Balaban J connectivity index is 2.37.